The van der Waals surface area contributed by atoms with Crippen molar-refractivity contribution < 1.29 is 14.7 Å². The SMILES string of the molecule is CC(C)N(C(=O)[C@@H]1CC[C@@H](C)C[C@H]1C)c1cc(C#CC(C)(C)C)sc1C(=O)O. The van der Waals surface area contributed by atoms with Gasteiger partial charge >= 0.3 is 5.97 Å². The van der Waals surface area contributed by atoms with Gasteiger partial charge in [-0.3, -0.25) is 4.79 Å². The van der Waals surface area contributed by atoms with Crippen LogP contribution in [0.5, 0.6) is 0 Å². The fourth-order valence-corrected chi connectivity index (χ4v) is 4.73. The average Bonchev–Trinajstić information content (AvgIpc) is 2.96. The summed E-state index contributed by atoms with van der Waals surface area (Å²) >= 11 is 1.15. The van der Waals surface area contributed by atoms with Crippen LogP contribution in [0.25, 0.3) is 0 Å². The van der Waals surface area contributed by atoms with Gasteiger partial charge in [0.2, 0.25) is 5.91 Å². The first-order valence-corrected chi connectivity index (χ1v) is 11.0. The van der Waals surface area contributed by atoms with Gasteiger partial charge in [-0.05, 0) is 71.8 Å². The summed E-state index contributed by atoms with van der Waals surface area (Å²) < 4.78 is 0. The summed E-state index contributed by atoms with van der Waals surface area (Å²) in [5.41, 5.74) is 0.316. The smallest absolute Gasteiger partial charge is 0.348 e. The van der Waals surface area contributed by atoms with Crippen molar-refractivity contribution in [3.8, 4) is 11.8 Å². The van der Waals surface area contributed by atoms with E-state index >= 15 is 0 Å². The van der Waals surface area contributed by atoms with E-state index in [1.165, 1.54) is 0 Å². The number of carbonyl (C=O) groups excluding carboxylic acids is 1. The second-order valence-electron chi connectivity index (χ2n) is 9.43. The first-order chi connectivity index (χ1) is 12.9. The molecular weight excluding hydrogens is 370 g/mol. The third-order valence-corrected chi connectivity index (χ3v) is 6.26. The number of carboxylic acids is 1. The molecule has 4 nitrogen and oxygen atoms in total. The van der Waals surface area contributed by atoms with Crippen molar-refractivity contribution >= 4 is 28.9 Å². The summed E-state index contributed by atoms with van der Waals surface area (Å²) in [7, 11) is 0. The molecule has 0 saturated heterocycles. The zero-order valence-corrected chi connectivity index (χ0v) is 18.9. The fraction of sp³-hybridized carbons (Fsp3) is 0.652. The maximum absolute atomic E-state index is 13.5. The minimum Gasteiger partial charge on any atom is -0.477 e. The minimum atomic E-state index is -1.01. The molecule has 1 heterocycles. The van der Waals surface area contributed by atoms with Gasteiger partial charge < -0.3 is 10.0 Å². The number of amides is 1. The van der Waals surface area contributed by atoms with Crippen molar-refractivity contribution in [1.82, 2.24) is 0 Å². The molecule has 0 spiro atoms. The van der Waals surface area contributed by atoms with Crippen LogP contribution >= 0.6 is 11.3 Å². The summed E-state index contributed by atoms with van der Waals surface area (Å²) in [4.78, 5) is 27.9. The monoisotopic (exact) mass is 403 g/mol. The Labute approximate surface area is 173 Å². The number of carboxylic acid groups (broad SMARTS) is 1. The van der Waals surface area contributed by atoms with Gasteiger partial charge in [0, 0.05) is 17.4 Å². The van der Waals surface area contributed by atoms with Crippen molar-refractivity contribution in [2.24, 2.45) is 23.2 Å². The number of nitrogens with zero attached hydrogens (tertiary/aromatic N) is 1. The quantitative estimate of drug-likeness (QED) is 0.660. The topological polar surface area (TPSA) is 57.6 Å². The van der Waals surface area contributed by atoms with Crippen LogP contribution in [0, 0.1) is 35.0 Å². The highest BCUT2D eigenvalue weighted by molar-refractivity contribution is 7.15. The first kappa shape index (κ1) is 22.5. The Morgan fingerprint density at radius 3 is 2.39 bits per heavy atom. The standard InChI is InChI=1S/C23H33NO3S/c1-14(2)24(21(25)18-9-8-15(3)12-16(18)4)19-13-17(10-11-23(5,6)7)28-20(19)22(26)27/h13-16,18H,8-9,12H2,1-7H3,(H,26,27)/t15-,16-,18-/m1/s1. The van der Waals surface area contributed by atoms with E-state index in [-0.39, 0.29) is 28.2 Å². The lowest BCUT2D eigenvalue weighted by Gasteiger charge is -2.37. The Balaban J connectivity index is 2.44. The molecule has 2 rings (SSSR count). The molecule has 1 amide bonds. The molecule has 0 bridgehead atoms. The van der Waals surface area contributed by atoms with Crippen molar-refractivity contribution in [3.63, 3.8) is 0 Å². The highest BCUT2D eigenvalue weighted by Crippen LogP contribution is 2.38. The summed E-state index contributed by atoms with van der Waals surface area (Å²) in [6.45, 7) is 14.3. The molecule has 1 aromatic heterocycles. The van der Waals surface area contributed by atoms with Gasteiger partial charge in [0.05, 0.1) is 10.6 Å². The summed E-state index contributed by atoms with van der Waals surface area (Å²) in [6, 6.07) is 1.66. The van der Waals surface area contributed by atoms with Gasteiger partial charge in [0.25, 0.3) is 0 Å². The van der Waals surface area contributed by atoms with Gasteiger partial charge in [-0.2, -0.15) is 0 Å². The molecule has 1 fully saturated rings. The first-order valence-electron chi connectivity index (χ1n) is 10.1. The van der Waals surface area contributed by atoms with E-state index < -0.39 is 5.97 Å². The van der Waals surface area contributed by atoms with Crippen LogP contribution in [0.2, 0.25) is 0 Å². The molecule has 0 aliphatic heterocycles. The molecule has 1 N–H and O–H groups in total. The molecule has 28 heavy (non-hydrogen) atoms. The summed E-state index contributed by atoms with van der Waals surface area (Å²) in [6.07, 6.45) is 2.96. The molecule has 5 heteroatoms. The Bertz CT molecular complexity index is 791. The second kappa shape index (κ2) is 8.69. The van der Waals surface area contributed by atoms with Crippen LogP contribution < -0.4 is 4.90 Å². The van der Waals surface area contributed by atoms with Crippen LogP contribution in [0.15, 0.2) is 6.07 Å². The number of thiophene rings is 1. The maximum Gasteiger partial charge on any atom is 0.348 e. The molecular formula is C23H33NO3S. The van der Waals surface area contributed by atoms with E-state index in [2.05, 4.69) is 25.7 Å². The Morgan fingerprint density at radius 2 is 1.89 bits per heavy atom. The van der Waals surface area contributed by atoms with Crippen LogP contribution in [0.1, 0.15) is 82.3 Å². The lowest BCUT2D eigenvalue weighted by molar-refractivity contribution is -0.125. The zero-order chi connectivity index (χ0) is 21.2. The largest absolute Gasteiger partial charge is 0.477 e. The van der Waals surface area contributed by atoms with Gasteiger partial charge in [0.1, 0.15) is 4.88 Å². The van der Waals surface area contributed by atoms with Crippen molar-refractivity contribution in [2.75, 3.05) is 4.90 Å². The molecule has 154 valence electrons. The fourth-order valence-electron chi connectivity index (χ4n) is 3.89. The summed E-state index contributed by atoms with van der Waals surface area (Å²) in [5.74, 6) is 6.19. The van der Waals surface area contributed by atoms with E-state index in [1.807, 2.05) is 34.6 Å². The molecule has 0 radical (unpaired) electrons. The van der Waals surface area contributed by atoms with Gasteiger partial charge in [-0.25, -0.2) is 4.79 Å². The number of carbonyl (C=O) groups is 2. The van der Waals surface area contributed by atoms with Crippen LogP contribution in [-0.2, 0) is 4.79 Å². The number of rotatable bonds is 4. The normalized spacial score (nSPS) is 22.5. The molecule has 1 saturated carbocycles. The Kier molecular flexibility index (Phi) is 6.98. The third kappa shape index (κ3) is 5.38. The lowest BCUT2D eigenvalue weighted by atomic mass is 9.75. The lowest BCUT2D eigenvalue weighted by Crippen LogP contribution is -2.44. The molecule has 0 aromatic carbocycles. The van der Waals surface area contributed by atoms with Crippen LogP contribution in [0.4, 0.5) is 5.69 Å². The Morgan fingerprint density at radius 1 is 1.25 bits per heavy atom. The number of anilines is 1. The molecule has 0 unspecified atom stereocenters. The van der Waals surface area contributed by atoms with Crippen molar-refractivity contribution in [2.45, 2.75) is 73.8 Å². The van der Waals surface area contributed by atoms with Crippen LogP contribution in [0.3, 0.4) is 0 Å². The van der Waals surface area contributed by atoms with E-state index in [4.69, 9.17) is 0 Å². The highest BCUT2D eigenvalue weighted by atomic mass is 32.1. The molecule has 1 aromatic rings. The van der Waals surface area contributed by atoms with E-state index in [0.29, 0.717) is 22.4 Å². The third-order valence-electron chi connectivity index (χ3n) is 5.23. The Hall–Kier alpha value is -1.80. The molecule has 1 aliphatic rings. The number of hydrogen-bond donors (Lipinski definition) is 1. The van der Waals surface area contributed by atoms with Gasteiger partial charge in [-0.1, -0.05) is 25.7 Å². The average molecular weight is 404 g/mol. The number of aromatic carboxylic acids is 1. The summed E-state index contributed by atoms with van der Waals surface area (Å²) in [5, 5.41) is 9.74. The predicted octanol–water partition coefficient (Wildman–Crippen LogP) is 5.66. The van der Waals surface area contributed by atoms with E-state index in [1.54, 1.807) is 11.0 Å². The van der Waals surface area contributed by atoms with Gasteiger partial charge in [-0.15, -0.1) is 11.3 Å². The number of hydrogen-bond acceptors (Lipinski definition) is 3. The second-order valence-corrected chi connectivity index (χ2v) is 10.5. The van der Waals surface area contributed by atoms with Gasteiger partial charge in [0.15, 0.2) is 0 Å². The maximum atomic E-state index is 13.5. The predicted molar refractivity (Wildman–Crippen MR) is 116 cm³/mol. The van der Waals surface area contributed by atoms with Crippen molar-refractivity contribution in [1.29, 1.82) is 0 Å². The molecule has 3 atom stereocenters. The van der Waals surface area contributed by atoms with E-state index in [9.17, 15) is 14.7 Å². The molecule has 1 aliphatic carbocycles. The van der Waals surface area contributed by atoms with E-state index in [0.717, 1.165) is 30.6 Å². The zero-order valence-electron chi connectivity index (χ0n) is 18.1. The van der Waals surface area contributed by atoms with Crippen molar-refractivity contribution in [3.05, 3.63) is 15.8 Å². The highest BCUT2D eigenvalue weighted by Gasteiger charge is 2.36. The minimum absolute atomic E-state index is 0.0463. The van der Waals surface area contributed by atoms with Crippen LogP contribution in [-0.4, -0.2) is 23.0 Å².